The van der Waals surface area contributed by atoms with Gasteiger partial charge in [0, 0.05) is 32.1 Å². The predicted molar refractivity (Wildman–Crippen MR) is 140 cm³/mol. The molecule has 2 rings (SSSR count). The molecule has 0 aromatic heterocycles. The molecule has 0 atom stereocenters. The molecule has 14 heteroatoms. The Kier molecular flexibility index (Phi) is 11.0. The molecule has 0 radical (unpaired) electrons. The Hall–Kier alpha value is -3.07. The Bertz CT molecular complexity index is 1280. The number of sulfonamides is 1. The number of rotatable bonds is 15. The van der Waals surface area contributed by atoms with Gasteiger partial charge < -0.3 is 30.1 Å². The summed E-state index contributed by atoms with van der Waals surface area (Å²) in [7, 11) is -4.96. The summed E-state index contributed by atoms with van der Waals surface area (Å²) in [6.07, 6.45) is 0.464. The monoisotopic (exact) mass is 557 g/mol. The Morgan fingerprint density at radius 1 is 0.946 bits per heavy atom. The molecular formula is C23H35N5O7S2. The van der Waals surface area contributed by atoms with Gasteiger partial charge in [0.2, 0.25) is 16.0 Å². The zero-order valence-electron chi connectivity index (χ0n) is 21.5. The van der Waals surface area contributed by atoms with Gasteiger partial charge in [0.15, 0.2) is 0 Å². The number of hydrogen-bond acceptors (Lipinski definition) is 9. The van der Waals surface area contributed by atoms with Crippen molar-refractivity contribution in [1.29, 1.82) is 0 Å². The first-order chi connectivity index (χ1) is 17.4. The lowest BCUT2D eigenvalue weighted by Crippen LogP contribution is -2.37. The summed E-state index contributed by atoms with van der Waals surface area (Å²) in [5, 5.41) is 3.41. The van der Waals surface area contributed by atoms with Crippen LogP contribution in [0.1, 0.15) is 18.9 Å². The van der Waals surface area contributed by atoms with Gasteiger partial charge in [-0.05, 0) is 56.0 Å². The van der Waals surface area contributed by atoms with Crippen LogP contribution in [0, 0.1) is 6.92 Å². The molecule has 4 N–H and O–H groups in total. The average molecular weight is 558 g/mol. The van der Waals surface area contributed by atoms with Crippen molar-refractivity contribution in [1.82, 2.24) is 9.21 Å². The van der Waals surface area contributed by atoms with Gasteiger partial charge in [0.25, 0.3) is 0 Å². The van der Waals surface area contributed by atoms with Crippen LogP contribution in [0.25, 0.3) is 0 Å². The Labute approximate surface area is 218 Å². The predicted octanol–water partition coefficient (Wildman–Crippen LogP) is 1.31. The van der Waals surface area contributed by atoms with Gasteiger partial charge in [-0.15, -0.1) is 0 Å². The molecule has 0 unspecified atom stereocenters. The lowest BCUT2D eigenvalue weighted by Gasteiger charge is -2.23. The van der Waals surface area contributed by atoms with E-state index in [4.69, 9.17) is 25.2 Å². The van der Waals surface area contributed by atoms with Crippen LogP contribution in [0.15, 0.2) is 57.4 Å². The maximum Gasteiger partial charge on any atom is 0.340 e. The molecule has 37 heavy (non-hydrogen) atoms. The summed E-state index contributed by atoms with van der Waals surface area (Å²) in [6, 6.07) is 10.0. The van der Waals surface area contributed by atoms with Crippen molar-refractivity contribution in [2.24, 2.45) is 16.6 Å². The van der Waals surface area contributed by atoms with Gasteiger partial charge in [-0.25, -0.2) is 8.42 Å². The molecule has 0 heterocycles. The summed E-state index contributed by atoms with van der Waals surface area (Å²) < 4.78 is 65.5. The van der Waals surface area contributed by atoms with Crippen LogP contribution >= 0.6 is 0 Å². The molecule has 0 spiro atoms. The third-order valence-corrected chi connectivity index (χ3v) is 8.40. The minimum atomic E-state index is -4.50. The Morgan fingerprint density at radius 2 is 1.59 bits per heavy atom. The highest BCUT2D eigenvalue weighted by atomic mass is 32.2. The highest BCUT2D eigenvalue weighted by Crippen LogP contribution is 2.29. The van der Waals surface area contributed by atoms with Gasteiger partial charge >= 0.3 is 10.1 Å². The van der Waals surface area contributed by atoms with E-state index in [2.05, 4.69) is 5.16 Å². The van der Waals surface area contributed by atoms with Crippen molar-refractivity contribution in [2.75, 3.05) is 46.9 Å². The fraction of sp³-hybridized carbons (Fsp3) is 0.435. The van der Waals surface area contributed by atoms with Crippen LogP contribution < -0.4 is 20.4 Å². The van der Waals surface area contributed by atoms with E-state index in [-0.39, 0.29) is 42.9 Å². The van der Waals surface area contributed by atoms with Crippen LogP contribution in [0.2, 0.25) is 0 Å². The van der Waals surface area contributed by atoms with Crippen LogP contribution in [0.3, 0.4) is 0 Å². The van der Waals surface area contributed by atoms with E-state index in [9.17, 15) is 16.8 Å². The normalized spacial score (nSPS) is 11.9. The van der Waals surface area contributed by atoms with Crippen LogP contribution in [-0.2, 0) is 25.0 Å². The fourth-order valence-electron chi connectivity index (χ4n) is 3.22. The topological polar surface area (TPSA) is 167 Å². The number of benzene rings is 2. The van der Waals surface area contributed by atoms with Crippen molar-refractivity contribution in [2.45, 2.75) is 30.1 Å². The number of nitrogens with two attached hydrogens (primary N) is 2. The van der Waals surface area contributed by atoms with E-state index in [1.807, 2.05) is 19.0 Å². The zero-order chi connectivity index (χ0) is 27.6. The van der Waals surface area contributed by atoms with E-state index >= 15 is 0 Å². The number of ether oxygens (including phenoxy) is 1. The van der Waals surface area contributed by atoms with E-state index < -0.39 is 25.0 Å². The molecular weight excluding hydrogens is 522 g/mol. The largest absolute Gasteiger partial charge is 0.493 e. The quantitative estimate of drug-likeness (QED) is 0.107. The number of oxime groups is 1. The molecule has 0 fully saturated rings. The summed E-state index contributed by atoms with van der Waals surface area (Å²) in [6.45, 7) is 4.77. The number of nitrogens with zero attached hydrogens (tertiary/aromatic N) is 3. The SMILES string of the molecule is CCN(CCN(C)C)S(=O)(=O)c1ccccc1S(=O)(=O)Oc1cc(C)cc(OCCCON=C(N)N)c1. The first-order valence-corrected chi connectivity index (χ1v) is 14.4. The fourth-order valence-corrected chi connectivity index (χ4v) is 6.35. The number of likely N-dealkylation sites (N-methyl/N-ethyl adjacent to an activating group) is 2. The summed E-state index contributed by atoms with van der Waals surface area (Å²) in [5.74, 6) is 0.167. The molecule has 12 nitrogen and oxygen atoms in total. The van der Waals surface area contributed by atoms with Crippen LogP contribution in [-0.4, -0.2) is 78.9 Å². The van der Waals surface area contributed by atoms with Crippen molar-refractivity contribution < 1.29 is 30.6 Å². The van der Waals surface area contributed by atoms with E-state index in [1.165, 1.54) is 40.7 Å². The minimum absolute atomic E-state index is 0.0149. The number of guanidine groups is 1. The van der Waals surface area contributed by atoms with Crippen molar-refractivity contribution >= 4 is 26.1 Å². The van der Waals surface area contributed by atoms with Crippen LogP contribution in [0.4, 0.5) is 0 Å². The Balaban J connectivity index is 2.25. The summed E-state index contributed by atoms with van der Waals surface area (Å²) in [5.41, 5.74) is 11.0. The first-order valence-electron chi connectivity index (χ1n) is 11.5. The maximum absolute atomic E-state index is 13.4. The van der Waals surface area contributed by atoms with E-state index in [0.29, 0.717) is 24.3 Å². The molecule has 0 aliphatic heterocycles. The van der Waals surface area contributed by atoms with Crippen LogP contribution in [0.5, 0.6) is 11.5 Å². The van der Waals surface area contributed by atoms with Crippen molar-refractivity contribution in [3.63, 3.8) is 0 Å². The summed E-state index contributed by atoms with van der Waals surface area (Å²) >= 11 is 0. The molecule has 2 aromatic rings. The average Bonchev–Trinajstić information content (AvgIpc) is 2.80. The zero-order valence-corrected chi connectivity index (χ0v) is 23.1. The van der Waals surface area contributed by atoms with E-state index in [1.54, 1.807) is 19.9 Å². The maximum atomic E-state index is 13.4. The molecule has 0 amide bonds. The van der Waals surface area contributed by atoms with Crippen molar-refractivity contribution in [3.8, 4) is 11.5 Å². The molecule has 0 saturated heterocycles. The minimum Gasteiger partial charge on any atom is -0.493 e. The number of aryl methyl sites for hydroxylation is 1. The van der Waals surface area contributed by atoms with Gasteiger partial charge in [0.1, 0.15) is 27.9 Å². The van der Waals surface area contributed by atoms with E-state index in [0.717, 1.165) is 0 Å². The second-order valence-corrected chi connectivity index (χ2v) is 11.7. The lowest BCUT2D eigenvalue weighted by molar-refractivity contribution is 0.127. The lowest BCUT2D eigenvalue weighted by atomic mass is 10.2. The summed E-state index contributed by atoms with van der Waals surface area (Å²) in [4.78, 5) is 5.94. The molecule has 0 aliphatic rings. The first kappa shape index (κ1) is 30.2. The Morgan fingerprint density at radius 3 is 2.22 bits per heavy atom. The second kappa shape index (κ2) is 13.5. The number of hydrogen-bond donors (Lipinski definition) is 2. The van der Waals surface area contributed by atoms with Gasteiger partial charge in [0.05, 0.1) is 6.61 Å². The second-order valence-electron chi connectivity index (χ2n) is 8.32. The molecule has 2 aromatic carbocycles. The molecule has 0 bridgehead atoms. The smallest absolute Gasteiger partial charge is 0.340 e. The third kappa shape index (κ3) is 9.07. The van der Waals surface area contributed by atoms with Gasteiger partial charge in [-0.2, -0.15) is 12.7 Å². The van der Waals surface area contributed by atoms with Crippen molar-refractivity contribution in [3.05, 3.63) is 48.0 Å². The third-order valence-electron chi connectivity index (χ3n) is 4.93. The molecule has 0 saturated carbocycles. The van der Waals surface area contributed by atoms with Gasteiger partial charge in [-0.3, -0.25) is 0 Å². The van der Waals surface area contributed by atoms with Gasteiger partial charge in [-0.1, -0.05) is 19.1 Å². The molecule has 0 aliphatic carbocycles. The highest BCUT2D eigenvalue weighted by molar-refractivity contribution is 7.91. The highest BCUT2D eigenvalue weighted by Gasteiger charge is 2.31. The molecule has 206 valence electrons. The standard InChI is InChI=1S/C23H35N5O7S2/c1-5-28(12-11-27(3)4)36(29,30)21-9-6-7-10-22(21)37(31,32)35-20-16-18(2)15-19(17-20)33-13-8-14-34-26-23(24)25/h6-7,9-10,15-17H,5,8,11-14H2,1-4H3,(H4,24,25,26).